The zero-order valence-electron chi connectivity index (χ0n) is 12.9. The van der Waals surface area contributed by atoms with E-state index in [0.29, 0.717) is 11.3 Å². The molecule has 1 heterocycles. The molecular formula is C16H19BrN3O2S+. The first-order chi connectivity index (χ1) is 10.9. The van der Waals surface area contributed by atoms with Crippen LogP contribution in [-0.4, -0.2) is 24.9 Å². The van der Waals surface area contributed by atoms with Gasteiger partial charge in [0, 0.05) is 11.3 Å². The lowest BCUT2D eigenvalue weighted by Crippen LogP contribution is -3.12. The highest BCUT2D eigenvalue weighted by Gasteiger charge is 2.22. The molecule has 2 rings (SSSR count). The van der Waals surface area contributed by atoms with Crippen LogP contribution in [0, 0.1) is 0 Å². The highest BCUT2D eigenvalue weighted by atomic mass is 79.9. The van der Waals surface area contributed by atoms with Crippen LogP contribution in [0.3, 0.4) is 0 Å². The number of amides is 2. The number of nitrogens with one attached hydrogen (secondary N) is 2. The molecule has 1 aromatic heterocycles. The molecule has 0 radical (unpaired) electrons. The van der Waals surface area contributed by atoms with Gasteiger partial charge in [-0.05, 0) is 59.3 Å². The van der Waals surface area contributed by atoms with E-state index in [9.17, 15) is 9.59 Å². The largest absolute Gasteiger partial charge is 0.366 e. The van der Waals surface area contributed by atoms with Gasteiger partial charge >= 0.3 is 0 Å². The lowest BCUT2D eigenvalue weighted by molar-refractivity contribution is -0.907. The first kappa shape index (κ1) is 17.7. The molecule has 0 aliphatic rings. The fourth-order valence-corrected chi connectivity index (χ4v) is 3.65. The van der Waals surface area contributed by atoms with E-state index in [0.717, 1.165) is 15.2 Å². The van der Waals surface area contributed by atoms with Crippen LogP contribution in [0.1, 0.15) is 22.2 Å². The number of hydrogen-bond acceptors (Lipinski definition) is 3. The molecule has 1 unspecified atom stereocenters. The molecule has 4 N–H and O–H groups in total. The molecule has 23 heavy (non-hydrogen) atoms. The monoisotopic (exact) mass is 396 g/mol. The third-order valence-corrected chi connectivity index (χ3v) is 5.28. The number of rotatable bonds is 6. The van der Waals surface area contributed by atoms with Crippen molar-refractivity contribution in [2.75, 3.05) is 12.4 Å². The van der Waals surface area contributed by atoms with Crippen LogP contribution >= 0.6 is 27.3 Å². The van der Waals surface area contributed by atoms with Crippen LogP contribution < -0.4 is 16.0 Å². The summed E-state index contributed by atoms with van der Waals surface area (Å²) in [5, 5.41) is 2.86. The average molecular weight is 397 g/mol. The third-order valence-electron chi connectivity index (χ3n) is 3.65. The van der Waals surface area contributed by atoms with E-state index in [1.807, 2.05) is 20.0 Å². The Labute approximate surface area is 147 Å². The van der Waals surface area contributed by atoms with Crippen molar-refractivity contribution in [1.82, 2.24) is 0 Å². The van der Waals surface area contributed by atoms with Crippen LogP contribution in [0.4, 0.5) is 5.69 Å². The Hall–Kier alpha value is -1.70. The molecule has 0 fully saturated rings. The number of likely N-dealkylation sites (N-methyl/N-ethyl adjacent to an activating group) is 1. The first-order valence-corrected chi connectivity index (χ1v) is 8.75. The van der Waals surface area contributed by atoms with Crippen molar-refractivity contribution in [3.63, 3.8) is 0 Å². The lowest BCUT2D eigenvalue weighted by atomic mass is 10.2. The normalized spacial score (nSPS) is 13.3. The summed E-state index contributed by atoms with van der Waals surface area (Å²) in [6.45, 7) is 2.68. The summed E-state index contributed by atoms with van der Waals surface area (Å²) in [6.07, 6.45) is 0. The van der Waals surface area contributed by atoms with Crippen molar-refractivity contribution < 1.29 is 14.5 Å². The fraction of sp³-hybridized carbons (Fsp3) is 0.250. The number of halogens is 1. The SMILES string of the molecule is C[C@@H](C(=O)Nc1ccc(C(N)=O)cc1)[NH+](C)Cc1ccc(Br)s1. The standard InChI is InChI=1S/C16H18BrN3O2S/c1-10(20(2)9-13-7-8-14(17)23-13)16(22)19-12-5-3-11(4-6-12)15(18)21/h3-8,10H,9H2,1-2H3,(H2,18,21)(H,19,22)/p+1/t10-/m0/s1. The maximum atomic E-state index is 12.3. The van der Waals surface area contributed by atoms with Gasteiger partial charge in [-0.3, -0.25) is 9.59 Å². The highest BCUT2D eigenvalue weighted by Crippen LogP contribution is 2.21. The minimum absolute atomic E-state index is 0.0649. The fourth-order valence-electron chi connectivity index (χ4n) is 2.07. The molecule has 1 aromatic carbocycles. The molecule has 5 nitrogen and oxygen atoms in total. The van der Waals surface area contributed by atoms with Crippen molar-refractivity contribution in [3.05, 3.63) is 50.6 Å². The Morgan fingerprint density at radius 3 is 2.43 bits per heavy atom. The molecule has 0 spiro atoms. The Bertz CT molecular complexity index is 700. The predicted octanol–water partition coefficient (Wildman–Crippen LogP) is 1.65. The van der Waals surface area contributed by atoms with E-state index >= 15 is 0 Å². The van der Waals surface area contributed by atoms with Gasteiger partial charge in [0.1, 0.15) is 6.54 Å². The molecule has 0 saturated heterocycles. The molecule has 2 atom stereocenters. The van der Waals surface area contributed by atoms with Gasteiger partial charge in [-0.15, -0.1) is 11.3 Å². The topological polar surface area (TPSA) is 76.6 Å². The van der Waals surface area contributed by atoms with Gasteiger partial charge in [-0.25, -0.2) is 0 Å². The Morgan fingerprint density at radius 1 is 1.26 bits per heavy atom. The quantitative estimate of drug-likeness (QED) is 0.694. The molecule has 0 aliphatic heterocycles. The van der Waals surface area contributed by atoms with Gasteiger partial charge in [0.05, 0.1) is 15.7 Å². The van der Waals surface area contributed by atoms with E-state index in [1.165, 1.54) is 4.88 Å². The van der Waals surface area contributed by atoms with Crippen LogP contribution in [0.15, 0.2) is 40.2 Å². The van der Waals surface area contributed by atoms with Gasteiger partial charge in [0.2, 0.25) is 5.91 Å². The second-order valence-electron chi connectivity index (χ2n) is 5.38. The van der Waals surface area contributed by atoms with Crippen LogP contribution in [0.5, 0.6) is 0 Å². The smallest absolute Gasteiger partial charge is 0.282 e. The molecule has 0 bridgehead atoms. The predicted molar refractivity (Wildman–Crippen MR) is 95.7 cm³/mol. The van der Waals surface area contributed by atoms with Gasteiger partial charge in [-0.1, -0.05) is 0 Å². The first-order valence-electron chi connectivity index (χ1n) is 7.14. The van der Waals surface area contributed by atoms with E-state index in [-0.39, 0.29) is 11.9 Å². The van der Waals surface area contributed by atoms with Crippen molar-refractivity contribution in [2.45, 2.75) is 19.5 Å². The summed E-state index contributed by atoms with van der Waals surface area (Å²) in [5.41, 5.74) is 6.27. The second kappa shape index (κ2) is 7.72. The lowest BCUT2D eigenvalue weighted by Gasteiger charge is -2.20. The number of carbonyl (C=O) groups is 2. The number of anilines is 1. The summed E-state index contributed by atoms with van der Waals surface area (Å²) in [4.78, 5) is 25.7. The average Bonchev–Trinajstić information content (AvgIpc) is 2.92. The van der Waals surface area contributed by atoms with E-state index in [4.69, 9.17) is 5.73 Å². The molecule has 0 saturated carbocycles. The molecule has 122 valence electrons. The van der Waals surface area contributed by atoms with Crippen molar-refractivity contribution in [2.24, 2.45) is 5.73 Å². The number of benzene rings is 1. The minimum Gasteiger partial charge on any atom is -0.366 e. The Balaban J connectivity index is 1.94. The van der Waals surface area contributed by atoms with Gasteiger partial charge in [-0.2, -0.15) is 0 Å². The summed E-state index contributed by atoms with van der Waals surface area (Å²) in [7, 11) is 1.99. The zero-order valence-corrected chi connectivity index (χ0v) is 15.3. The Morgan fingerprint density at radius 2 is 1.91 bits per heavy atom. The van der Waals surface area contributed by atoms with Gasteiger partial charge in [0.15, 0.2) is 6.04 Å². The second-order valence-corrected chi connectivity index (χ2v) is 7.93. The zero-order chi connectivity index (χ0) is 17.0. The maximum absolute atomic E-state index is 12.3. The van der Waals surface area contributed by atoms with E-state index in [1.54, 1.807) is 35.6 Å². The summed E-state index contributed by atoms with van der Waals surface area (Å²) >= 11 is 5.12. The molecule has 2 aromatic rings. The van der Waals surface area contributed by atoms with E-state index in [2.05, 4.69) is 27.3 Å². The number of nitrogens with two attached hydrogens (primary N) is 1. The van der Waals surface area contributed by atoms with E-state index < -0.39 is 5.91 Å². The molecule has 2 amide bonds. The van der Waals surface area contributed by atoms with Crippen molar-refractivity contribution >= 4 is 44.8 Å². The van der Waals surface area contributed by atoms with Gasteiger partial charge < -0.3 is 16.0 Å². The summed E-state index contributed by atoms with van der Waals surface area (Å²) in [6, 6.07) is 10.4. The number of hydrogen-bond donors (Lipinski definition) is 3. The Kier molecular flexibility index (Phi) is 5.92. The van der Waals surface area contributed by atoms with Crippen LogP contribution in [-0.2, 0) is 11.3 Å². The van der Waals surface area contributed by atoms with Crippen molar-refractivity contribution in [1.29, 1.82) is 0 Å². The van der Waals surface area contributed by atoms with Crippen LogP contribution in [0.2, 0.25) is 0 Å². The number of thiophene rings is 1. The van der Waals surface area contributed by atoms with Gasteiger partial charge in [0.25, 0.3) is 5.91 Å². The van der Waals surface area contributed by atoms with Crippen molar-refractivity contribution in [3.8, 4) is 0 Å². The minimum atomic E-state index is -0.484. The maximum Gasteiger partial charge on any atom is 0.282 e. The number of primary amides is 1. The number of carbonyl (C=O) groups excluding carboxylic acids is 2. The van der Waals surface area contributed by atoms with Crippen LogP contribution in [0.25, 0.3) is 0 Å². The summed E-state index contributed by atoms with van der Waals surface area (Å²) in [5.74, 6) is -0.549. The highest BCUT2D eigenvalue weighted by molar-refractivity contribution is 9.11. The molecule has 0 aliphatic carbocycles. The molecular weight excluding hydrogens is 378 g/mol. The molecule has 7 heteroatoms. The third kappa shape index (κ3) is 4.89. The summed E-state index contributed by atoms with van der Waals surface area (Å²) < 4.78 is 1.09. The number of quaternary nitrogens is 1.